The Morgan fingerprint density at radius 1 is 1.27 bits per heavy atom. The normalized spacial score (nSPS) is 11.5. The van der Waals surface area contributed by atoms with E-state index in [4.69, 9.17) is 4.74 Å². The number of H-pyrrole nitrogens is 1. The molecule has 0 radical (unpaired) electrons. The second kappa shape index (κ2) is 5.83. The van der Waals surface area contributed by atoms with Crippen LogP contribution in [0.15, 0.2) is 29.1 Å². The maximum atomic E-state index is 12.2. The Morgan fingerprint density at radius 3 is 2.55 bits per heavy atom. The standard InChI is InChI=1S/C17H22N2O3/c1-17(2,3)16(21)19(4)10-12-8-11-6-7-13(22-5)9-14(11)18-15(12)20/h6-9H,10H2,1-5H3,(H,18,20). The number of methoxy groups -OCH3 is 1. The number of fused-ring (bicyclic) bond motifs is 1. The first-order chi connectivity index (χ1) is 10.2. The van der Waals surface area contributed by atoms with Gasteiger partial charge in [-0.2, -0.15) is 0 Å². The summed E-state index contributed by atoms with van der Waals surface area (Å²) in [5.74, 6) is 0.692. The van der Waals surface area contributed by atoms with Crippen LogP contribution in [0.3, 0.4) is 0 Å². The van der Waals surface area contributed by atoms with E-state index in [-0.39, 0.29) is 18.0 Å². The summed E-state index contributed by atoms with van der Waals surface area (Å²) in [6.07, 6.45) is 0. The third kappa shape index (κ3) is 3.30. The van der Waals surface area contributed by atoms with E-state index < -0.39 is 5.41 Å². The molecule has 2 rings (SSSR count). The zero-order valence-corrected chi connectivity index (χ0v) is 13.7. The lowest BCUT2D eigenvalue weighted by atomic mass is 9.95. The van der Waals surface area contributed by atoms with Gasteiger partial charge >= 0.3 is 0 Å². The van der Waals surface area contributed by atoms with Crippen LogP contribution in [0.4, 0.5) is 0 Å². The highest BCUT2D eigenvalue weighted by atomic mass is 16.5. The van der Waals surface area contributed by atoms with Crippen molar-refractivity contribution < 1.29 is 9.53 Å². The third-order valence-corrected chi connectivity index (χ3v) is 3.53. The topological polar surface area (TPSA) is 62.4 Å². The van der Waals surface area contributed by atoms with Crippen LogP contribution in [0.25, 0.3) is 10.9 Å². The quantitative estimate of drug-likeness (QED) is 0.947. The second-order valence-corrected chi connectivity index (χ2v) is 6.49. The van der Waals surface area contributed by atoms with Gasteiger partial charge in [-0.1, -0.05) is 20.8 Å². The molecule has 0 bridgehead atoms. The van der Waals surface area contributed by atoms with Crippen LogP contribution in [-0.2, 0) is 11.3 Å². The van der Waals surface area contributed by atoms with E-state index >= 15 is 0 Å². The number of pyridine rings is 1. The molecule has 1 N–H and O–H groups in total. The Labute approximate surface area is 129 Å². The average Bonchev–Trinajstić information content (AvgIpc) is 2.45. The summed E-state index contributed by atoms with van der Waals surface area (Å²) >= 11 is 0. The molecule has 22 heavy (non-hydrogen) atoms. The molecule has 2 aromatic rings. The number of aromatic nitrogens is 1. The molecule has 1 amide bonds. The van der Waals surface area contributed by atoms with Gasteiger partial charge in [-0.25, -0.2) is 0 Å². The molecule has 0 atom stereocenters. The predicted octanol–water partition coefficient (Wildman–Crippen LogP) is 2.54. The predicted molar refractivity (Wildman–Crippen MR) is 87.0 cm³/mol. The minimum Gasteiger partial charge on any atom is -0.497 e. The summed E-state index contributed by atoms with van der Waals surface area (Å²) in [4.78, 5) is 28.9. The third-order valence-electron chi connectivity index (χ3n) is 3.53. The molecule has 5 heteroatoms. The fourth-order valence-electron chi connectivity index (χ4n) is 2.37. The molecule has 0 aliphatic rings. The summed E-state index contributed by atoms with van der Waals surface area (Å²) < 4.78 is 5.15. The van der Waals surface area contributed by atoms with Gasteiger partial charge in [0.05, 0.1) is 19.2 Å². The van der Waals surface area contributed by atoms with E-state index in [2.05, 4.69) is 4.98 Å². The van der Waals surface area contributed by atoms with Crippen molar-refractivity contribution in [2.24, 2.45) is 5.41 Å². The highest BCUT2D eigenvalue weighted by Gasteiger charge is 2.25. The van der Waals surface area contributed by atoms with E-state index in [0.717, 1.165) is 10.9 Å². The van der Waals surface area contributed by atoms with Crippen molar-refractivity contribution in [1.82, 2.24) is 9.88 Å². The molecule has 1 aromatic carbocycles. The molecule has 1 aromatic heterocycles. The van der Waals surface area contributed by atoms with E-state index in [1.54, 1.807) is 25.1 Å². The molecule has 0 unspecified atom stereocenters. The minimum absolute atomic E-state index is 0.00160. The van der Waals surface area contributed by atoms with E-state index in [0.29, 0.717) is 11.3 Å². The number of nitrogens with one attached hydrogen (secondary N) is 1. The lowest BCUT2D eigenvalue weighted by Crippen LogP contribution is -2.37. The smallest absolute Gasteiger partial charge is 0.253 e. The number of rotatable bonds is 3. The van der Waals surface area contributed by atoms with Crippen molar-refractivity contribution in [2.45, 2.75) is 27.3 Å². The fraction of sp³-hybridized carbons (Fsp3) is 0.412. The van der Waals surface area contributed by atoms with Crippen molar-refractivity contribution in [3.05, 3.63) is 40.2 Å². The van der Waals surface area contributed by atoms with Gasteiger partial charge in [0.2, 0.25) is 5.91 Å². The Kier molecular flexibility index (Phi) is 4.26. The number of carbonyl (C=O) groups is 1. The van der Waals surface area contributed by atoms with Gasteiger partial charge in [-0.15, -0.1) is 0 Å². The Balaban J connectivity index is 2.34. The van der Waals surface area contributed by atoms with Gasteiger partial charge in [-0.3, -0.25) is 9.59 Å². The number of hydrogen-bond donors (Lipinski definition) is 1. The van der Waals surface area contributed by atoms with Gasteiger partial charge in [0.25, 0.3) is 5.56 Å². The van der Waals surface area contributed by atoms with Crippen LogP contribution >= 0.6 is 0 Å². The number of ether oxygens (including phenoxy) is 1. The van der Waals surface area contributed by atoms with Gasteiger partial charge in [0.15, 0.2) is 0 Å². The van der Waals surface area contributed by atoms with E-state index in [1.807, 2.05) is 39.0 Å². The number of nitrogens with zero attached hydrogens (tertiary/aromatic N) is 1. The lowest BCUT2D eigenvalue weighted by Gasteiger charge is -2.25. The summed E-state index contributed by atoms with van der Waals surface area (Å²) in [7, 11) is 3.30. The molecule has 0 fully saturated rings. The molecule has 0 saturated heterocycles. The first-order valence-electron chi connectivity index (χ1n) is 7.18. The summed E-state index contributed by atoms with van der Waals surface area (Å²) in [6.45, 7) is 5.88. The van der Waals surface area contributed by atoms with Crippen molar-refractivity contribution >= 4 is 16.8 Å². The molecule has 5 nitrogen and oxygen atoms in total. The van der Waals surface area contributed by atoms with Crippen LogP contribution in [0.1, 0.15) is 26.3 Å². The van der Waals surface area contributed by atoms with Crippen molar-refractivity contribution in [3.8, 4) is 5.75 Å². The number of aromatic amines is 1. The fourth-order valence-corrected chi connectivity index (χ4v) is 2.37. The number of carbonyl (C=O) groups excluding carboxylic acids is 1. The van der Waals surface area contributed by atoms with Gasteiger partial charge in [0.1, 0.15) is 5.75 Å². The van der Waals surface area contributed by atoms with Crippen molar-refractivity contribution in [3.63, 3.8) is 0 Å². The minimum atomic E-state index is -0.467. The van der Waals surface area contributed by atoms with Crippen LogP contribution in [0.5, 0.6) is 5.75 Å². The van der Waals surface area contributed by atoms with E-state index in [1.165, 1.54) is 0 Å². The molecule has 0 saturated carbocycles. The molecular formula is C17H22N2O3. The van der Waals surface area contributed by atoms with E-state index in [9.17, 15) is 9.59 Å². The lowest BCUT2D eigenvalue weighted by molar-refractivity contribution is -0.138. The average molecular weight is 302 g/mol. The van der Waals surface area contributed by atoms with Crippen LogP contribution in [-0.4, -0.2) is 29.9 Å². The largest absolute Gasteiger partial charge is 0.497 e. The van der Waals surface area contributed by atoms with Crippen molar-refractivity contribution in [2.75, 3.05) is 14.2 Å². The maximum absolute atomic E-state index is 12.2. The van der Waals surface area contributed by atoms with Crippen LogP contribution in [0.2, 0.25) is 0 Å². The highest BCUT2D eigenvalue weighted by molar-refractivity contribution is 5.82. The molecule has 0 aliphatic heterocycles. The summed E-state index contributed by atoms with van der Waals surface area (Å²) in [6, 6.07) is 7.33. The molecule has 118 valence electrons. The second-order valence-electron chi connectivity index (χ2n) is 6.49. The first-order valence-corrected chi connectivity index (χ1v) is 7.18. The monoisotopic (exact) mass is 302 g/mol. The summed E-state index contributed by atoms with van der Waals surface area (Å²) in [5.41, 5.74) is 0.635. The maximum Gasteiger partial charge on any atom is 0.253 e. The number of benzene rings is 1. The zero-order chi connectivity index (χ0) is 16.5. The molecule has 0 aliphatic carbocycles. The van der Waals surface area contributed by atoms with Gasteiger partial charge in [-0.05, 0) is 23.6 Å². The Hall–Kier alpha value is -2.30. The molecule has 1 heterocycles. The van der Waals surface area contributed by atoms with Gasteiger partial charge < -0.3 is 14.6 Å². The first kappa shape index (κ1) is 16.1. The van der Waals surface area contributed by atoms with Crippen LogP contribution in [0, 0.1) is 5.41 Å². The van der Waals surface area contributed by atoms with Crippen LogP contribution < -0.4 is 10.3 Å². The Bertz CT molecular complexity index is 757. The molecule has 0 spiro atoms. The van der Waals surface area contributed by atoms with Crippen molar-refractivity contribution in [1.29, 1.82) is 0 Å². The van der Waals surface area contributed by atoms with Gasteiger partial charge in [0, 0.05) is 24.1 Å². The molecular weight excluding hydrogens is 280 g/mol. The Morgan fingerprint density at radius 2 is 1.95 bits per heavy atom. The zero-order valence-electron chi connectivity index (χ0n) is 13.7. The SMILES string of the molecule is COc1ccc2cc(CN(C)C(=O)C(C)(C)C)c(=O)[nH]c2c1. The number of hydrogen-bond acceptors (Lipinski definition) is 3. The summed E-state index contributed by atoms with van der Waals surface area (Å²) in [5, 5.41) is 0.909. The number of amides is 1. The highest BCUT2D eigenvalue weighted by Crippen LogP contribution is 2.20.